The average molecular weight is 152 g/mol. The van der Waals surface area contributed by atoms with Crippen LogP contribution < -0.4 is 10.2 Å². The Kier molecular flexibility index (Phi) is 2.33. The molecule has 0 aliphatic carbocycles. The molecule has 0 saturated carbocycles. The first-order valence-electron chi connectivity index (χ1n) is 3.06. The molecule has 2 N–H and O–H groups in total. The Balaban J connectivity index is 2.43. The maximum Gasteiger partial charge on any atom is 0.256 e. The molecule has 5 heteroatoms. The van der Waals surface area contributed by atoms with Crippen LogP contribution in [0, 0.1) is 11.8 Å². The van der Waals surface area contributed by atoms with Crippen LogP contribution in [0.3, 0.4) is 0 Å². The Morgan fingerprint density at radius 2 is 2.73 bits per heavy atom. The minimum absolute atomic E-state index is 0.0157. The van der Waals surface area contributed by atoms with Crippen molar-refractivity contribution in [3.63, 3.8) is 0 Å². The molecular formula is C6H8N4O. The molecule has 5 nitrogen and oxygen atoms in total. The van der Waals surface area contributed by atoms with E-state index in [1.165, 1.54) is 11.0 Å². The first-order chi connectivity index (χ1) is 5.33. The summed E-state index contributed by atoms with van der Waals surface area (Å²) in [4.78, 5) is 1.31. The lowest BCUT2D eigenvalue weighted by Crippen LogP contribution is -2.46. The predicted molar refractivity (Wildman–Crippen MR) is 38.4 cm³/mol. The predicted octanol–water partition coefficient (Wildman–Crippen LogP) is 0.213. The zero-order chi connectivity index (χ0) is 8.10. The highest BCUT2D eigenvalue weighted by molar-refractivity contribution is 5.19. The van der Waals surface area contributed by atoms with Crippen molar-refractivity contribution >= 4 is 5.88 Å². The molecule has 1 aromatic heterocycles. The van der Waals surface area contributed by atoms with Gasteiger partial charge in [0.25, 0.3) is 6.20 Å². The summed E-state index contributed by atoms with van der Waals surface area (Å²) in [6.45, 7) is 2.25. The van der Waals surface area contributed by atoms with E-state index in [-0.39, 0.29) is 5.88 Å². The topological polar surface area (TPSA) is 65.7 Å². The summed E-state index contributed by atoms with van der Waals surface area (Å²) in [5.74, 6) is 5.51. The quantitative estimate of drug-likeness (QED) is 0.486. The minimum Gasteiger partial charge on any atom is -0.660 e. The van der Waals surface area contributed by atoms with E-state index in [0.717, 1.165) is 0 Å². The van der Waals surface area contributed by atoms with Gasteiger partial charge in [0.1, 0.15) is 12.4 Å². The van der Waals surface area contributed by atoms with Crippen LogP contribution in [0.1, 0.15) is 6.92 Å². The summed E-state index contributed by atoms with van der Waals surface area (Å²) in [6.07, 6.45) is 1.41. The second-order valence-electron chi connectivity index (χ2n) is 1.77. The van der Waals surface area contributed by atoms with Gasteiger partial charge < -0.3 is 10.3 Å². The van der Waals surface area contributed by atoms with Gasteiger partial charge in [-0.1, -0.05) is 5.92 Å². The van der Waals surface area contributed by atoms with Gasteiger partial charge in [-0.05, 0) is 6.92 Å². The number of aromatic nitrogens is 2. The third-order valence-electron chi connectivity index (χ3n) is 0.973. The summed E-state index contributed by atoms with van der Waals surface area (Å²) >= 11 is 0. The molecule has 0 fully saturated rings. The van der Waals surface area contributed by atoms with Crippen molar-refractivity contribution in [3.05, 3.63) is 11.9 Å². The van der Waals surface area contributed by atoms with Crippen molar-refractivity contribution in [2.45, 2.75) is 6.92 Å². The van der Waals surface area contributed by atoms with Crippen LogP contribution in [0.2, 0.25) is 0 Å². The maximum absolute atomic E-state index is 6.97. The molecule has 58 valence electrons. The van der Waals surface area contributed by atoms with Crippen molar-refractivity contribution in [3.8, 4) is 11.8 Å². The summed E-state index contributed by atoms with van der Waals surface area (Å²) in [5.41, 5.74) is 9.75. The van der Waals surface area contributed by atoms with Gasteiger partial charge in [0.15, 0.2) is 0 Å². The SMILES string of the molecule is CC#CCN[n+]1cc([NH-])on1. The Labute approximate surface area is 64.1 Å². The van der Waals surface area contributed by atoms with Gasteiger partial charge in [0.2, 0.25) is 5.27 Å². The third-order valence-corrected chi connectivity index (χ3v) is 0.973. The number of nitrogens with one attached hydrogen (secondary N) is 2. The van der Waals surface area contributed by atoms with Crippen LogP contribution in [0.15, 0.2) is 10.7 Å². The summed E-state index contributed by atoms with van der Waals surface area (Å²) < 4.78 is 4.46. The Morgan fingerprint density at radius 3 is 3.27 bits per heavy atom. The smallest absolute Gasteiger partial charge is 0.256 e. The number of nitrogens with zero attached hydrogens (tertiary/aromatic N) is 2. The van der Waals surface area contributed by atoms with Crippen LogP contribution in [0.5, 0.6) is 0 Å². The average Bonchev–Trinajstić information content (AvgIpc) is 2.37. The third kappa shape index (κ3) is 2.18. The molecular weight excluding hydrogens is 144 g/mol. The highest BCUT2D eigenvalue weighted by Crippen LogP contribution is 1.99. The molecule has 1 rings (SSSR count). The van der Waals surface area contributed by atoms with E-state index in [4.69, 9.17) is 5.73 Å². The Hall–Kier alpha value is -1.70. The molecule has 0 aliphatic heterocycles. The van der Waals surface area contributed by atoms with Crippen molar-refractivity contribution in [1.82, 2.24) is 5.27 Å². The van der Waals surface area contributed by atoms with E-state index in [1.807, 2.05) is 0 Å². The zero-order valence-electron chi connectivity index (χ0n) is 6.09. The van der Waals surface area contributed by atoms with E-state index < -0.39 is 0 Å². The fourth-order valence-corrected chi connectivity index (χ4v) is 0.530. The molecule has 11 heavy (non-hydrogen) atoms. The van der Waals surface area contributed by atoms with E-state index in [9.17, 15) is 0 Å². The van der Waals surface area contributed by atoms with Gasteiger partial charge >= 0.3 is 0 Å². The normalized spacial score (nSPS) is 8.45. The summed E-state index contributed by atoms with van der Waals surface area (Å²) in [6, 6.07) is 0. The standard InChI is InChI=1S/C6H8N4O/c1-2-3-4-8-10-5-6(7)11-9-10/h5,7H,4H2,1H3,(H,8,9). The largest absolute Gasteiger partial charge is 0.660 e. The highest BCUT2D eigenvalue weighted by Gasteiger charge is 2.00. The molecule has 0 unspecified atom stereocenters. The lowest BCUT2D eigenvalue weighted by Gasteiger charge is -1.83. The van der Waals surface area contributed by atoms with E-state index in [1.54, 1.807) is 6.92 Å². The molecule has 0 bridgehead atoms. The van der Waals surface area contributed by atoms with Crippen LogP contribution in [-0.2, 0) is 0 Å². The van der Waals surface area contributed by atoms with Gasteiger partial charge in [0, 0.05) is 0 Å². The number of hydrogen-bond acceptors (Lipinski definition) is 3. The first-order valence-corrected chi connectivity index (χ1v) is 3.06. The van der Waals surface area contributed by atoms with Crippen LogP contribution in [0.4, 0.5) is 5.88 Å². The van der Waals surface area contributed by atoms with Crippen LogP contribution in [-0.4, -0.2) is 11.8 Å². The zero-order valence-corrected chi connectivity index (χ0v) is 6.09. The van der Waals surface area contributed by atoms with E-state index >= 15 is 0 Å². The Morgan fingerprint density at radius 1 is 1.91 bits per heavy atom. The summed E-state index contributed by atoms with van der Waals surface area (Å²) in [5, 5.41) is 3.46. The molecule has 1 aromatic rings. The van der Waals surface area contributed by atoms with E-state index in [2.05, 4.69) is 27.1 Å². The fourth-order valence-electron chi connectivity index (χ4n) is 0.530. The van der Waals surface area contributed by atoms with Crippen molar-refractivity contribution in [2.75, 3.05) is 12.0 Å². The molecule has 0 spiro atoms. The second-order valence-corrected chi connectivity index (χ2v) is 1.77. The van der Waals surface area contributed by atoms with Crippen LogP contribution in [0.25, 0.3) is 5.73 Å². The van der Waals surface area contributed by atoms with Crippen molar-refractivity contribution < 1.29 is 9.31 Å². The number of rotatable bonds is 2. The van der Waals surface area contributed by atoms with Gasteiger partial charge in [-0.2, -0.15) is 5.43 Å². The van der Waals surface area contributed by atoms with Crippen LogP contribution >= 0.6 is 0 Å². The van der Waals surface area contributed by atoms with Gasteiger partial charge in [-0.25, -0.2) is 0 Å². The second kappa shape index (κ2) is 3.46. The molecule has 0 saturated heterocycles. The highest BCUT2D eigenvalue weighted by atomic mass is 16.5. The van der Waals surface area contributed by atoms with Crippen molar-refractivity contribution in [2.24, 2.45) is 0 Å². The number of hydrogen-bond donors (Lipinski definition) is 1. The van der Waals surface area contributed by atoms with Gasteiger partial charge in [-0.15, -0.1) is 5.92 Å². The maximum atomic E-state index is 6.97. The van der Waals surface area contributed by atoms with E-state index in [0.29, 0.717) is 6.54 Å². The van der Waals surface area contributed by atoms with Gasteiger partial charge in [-0.3, -0.25) is 0 Å². The fraction of sp³-hybridized carbons (Fsp3) is 0.333. The first kappa shape index (κ1) is 7.41. The molecule has 0 amide bonds. The lowest BCUT2D eigenvalue weighted by atomic mass is 10.6. The van der Waals surface area contributed by atoms with Gasteiger partial charge in [0.05, 0.1) is 4.79 Å². The lowest BCUT2D eigenvalue weighted by molar-refractivity contribution is -0.718. The monoisotopic (exact) mass is 152 g/mol. The Bertz CT molecular complexity index is 282. The molecule has 0 aliphatic rings. The molecule has 1 heterocycles. The minimum atomic E-state index is 0.0157. The molecule has 0 radical (unpaired) electrons. The molecule has 0 atom stereocenters. The van der Waals surface area contributed by atoms with Crippen molar-refractivity contribution in [1.29, 1.82) is 0 Å². The summed E-state index contributed by atoms with van der Waals surface area (Å²) in [7, 11) is 0. The molecule has 0 aromatic carbocycles.